The second-order valence-corrected chi connectivity index (χ2v) is 33.5. The molecule has 10 rings (SSSR count). The molecule has 12 atom stereocenters. The van der Waals surface area contributed by atoms with E-state index in [-0.39, 0.29) is 29.7 Å². The van der Waals surface area contributed by atoms with Crippen LogP contribution in [0.25, 0.3) is 6.08 Å². The molecule has 5 aliphatic carbocycles. The van der Waals surface area contributed by atoms with Crippen molar-refractivity contribution in [1.29, 1.82) is 0 Å². The molecule has 0 radical (unpaired) electrons. The summed E-state index contributed by atoms with van der Waals surface area (Å²) in [6.07, 6.45) is 14.7. The van der Waals surface area contributed by atoms with E-state index in [0.29, 0.717) is 0 Å². The molecule has 12 unspecified atom stereocenters. The molecule has 4 fully saturated rings. The molecule has 16 heteroatoms. The molecule has 4 aliphatic heterocycles. The summed E-state index contributed by atoms with van der Waals surface area (Å²) in [4.78, 5) is 1.43. The van der Waals surface area contributed by atoms with Gasteiger partial charge < -0.3 is 29.7 Å². The quantitative estimate of drug-likeness (QED) is 0.237. The van der Waals surface area contributed by atoms with Crippen LogP contribution in [0.15, 0.2) is 55.0 Å². The van der Waals surface area contributed by atoms with Crippen molar-refractivity contribution in [3.63, 3.8) is 0 Å². The first kappa shape index (κ1) is 65.1. The molecule has 0 nitrogen and oxygen atoms in total. The number of allylic oxidation sites excluding steroid dienone is 5. The molecule has 1 aromatic heterocycles. The van der Waals surface area contributed by atoms with Crippen LogP contribution in [-0.2, 0) is 48.1 Å². The van der Waals surface area contributed by atoms with Crippen molar-refractivity contribution in [2.45, 2.75) is 113 Å². The van der Waals surface area contributed by atoms with Crippen LogP contribution in [0.3, 0.4) is 0 Å². The van der Waals surface area contributed by atoms with Crippen LogP contribution in [0.4, 0.5) is 0 Å². The van der Waals surface area contributed by atoms with Gasteiger partial charge in [-0.15, -0.1) is 58.4 Å². The second-order valence-electron chi connectivity index (χ2n) is 16.2. The van der Waals surface area contributed by atoms with E-state index in [0.717, 1.165) is 74.8 Å². The van der Waals surface area contributed by atoms with E-state index in [1.807, 2.05) is 58.4 Å². The Morgan fingerprint density at radius 3 is 1.00 bits per heavy atom. The number of thiophene rings is 1. The fourth-order valence-corrected chi connectivity index (χ4v) is 20.1. The van der Waals surface area contributed by atoms with Gasteiger partial charge >= 0.3 is 75.7 Å². The first-order valence-corrected chi connectivity index (χ1v) is 40.4. The van der Waals surface area contributed by atoms with Crippen LogP contribution < -0.4 is 0 Å². The monoisotopic (exact) mass is 1470 g/mol. The average Bonchev–Trinajstić information content (AvgIpc) is 4.00. The Morgan fingerprint density at radius 1 is 0.500 bits per heavy atom. The predicted octanol–water partition coefficient (Wildman–Crippen LogP) is 21.6. The summed E-state index contributed by atoms with van der Waals surface area (Å²) in [6, 6.07) is 0. The molecule has 60 heavy (non-hydrogen) atoms. The summed E-state index contributed by atoms with van der Waals surface area (Å²) in [5.74, 6) is 7.24. The van der Waals surface area contributed by atoms with Gasteiger partial charge in [0.2, 0.25) is 0 Å². The Morgan fingerprint density at radius 2 is 0.767 bits per heavy atom. The maximum atomic E-state index is 4.93. The predicted molar refractivity (Wildman–Crippen MR) is 300 cm³/mol. The van der Waals surface area contributed by atoms with Crippen molar-refractivity contribution in [2.75, 3.05) is 0 Å². The Balaban J connectivity index is 0.000000690. The van der Waals surface area contributed by atoms with E-state index in [1.165, 1.54) is 89.8 Å². The van der Waals surface area contributed by atoms with Crippen LogP contribution in [0, 0.1) is 77.0 Å². The van der Waals surface area contributed by atoms with Crippen LogP contribution >= 0.6 is 172 Å². The third kappa shape index (κ3) is 20.1. The first-order valence-electron chi connectivity index (χ1n) is 19.1. The van der Waals surface area contributed by atoms with E-state index in [1.54, 1.807) is 0 Å². The number of thioether (sulfide) groups is 4. The molecule has 1 aromatic rings. The fourth-order valence-electron chi connectivity index (χ4n) is 8.91. The number of halogens is 9. The van der Waals surface area contributed by atoms with Crippen molar-refractivity contribution in [2.24, 2.45) is 47.3 Å². The summed E-state index contributed by atoms with van der Waals surface area (Å²) in [6.45, 7) is 11.6. The van der Waals surface area contributed by atoms with E-state index in [4.69, 9.17) is 34.1 Å². The Bertz CT molecular complexity index is 1420. The molecule has 0 amide bonds. The van der Waals surface area contributed by atoms with Crippen molar-refractivity contribution >= 4 is 178 Å². The SMILES string of the molecule is CC1=Cc2scc(Br)c2C1.CC1CC2SC=C(Br)C2C1.CC1CC2SC=C(Br)C2C1.CC1CC2SC=C(Br)C2C1.CC1CC2SC=C(Br)C2C1.[CH3-].[CH3-].[CH3-].[CH3-].[Cl][Zr+2][Cl].[Cl][Zr+2][Cl]. The fraction of sp³-hybridized carbons (Fsp3) is 0.591. The minimum atomic E-state index is -0.826. The molecule has 0 bridgehead atoms. The molecule has 5 heterocycles. The third-order valence-corrected chi connectivity index (χ3v) is 23.0. The van der Waals surface area contributed by atoms with E-state index >= 15 is 0 Å². The summed E-state index contributed by atoms with van der Waals surface area (Å²) >= 11 is 26.2. The molecule has 340 valence electrons. The molecule has 4 saturated carbocycles. The standard InChI is InChI=1S/4C8H11BrS.C8H7BrS.4CH3.4ClH.2Zr/c5*1-5-2-6-7(9)4-10-8(6)3-5;;;;;;;;;;/h4*4-6,8H,2-3H2,1H3;3-4H,2H2,1H3;4*1H3;4*1H;;/q;;;;;4*-1;;;;;2*+4/p-4. The van der Waals surface area contributed by atoms with Gasteiger partial charge in [0.15, 0.2) is 0 Å². The van der Waals surface area contributed by atoms with Gasteiger partial charge in [-0.2, -0.15) is 0 Å². The van der Waals surface area contributed by atoms with Gasteiger partial charge in [0.05, 0.1) is 0 Å². The van der Waals surface area contributed by atoms with Gasteiger partial charge in [-0.05, 0) is 138 Å². The second kappa shape index (κ2) is 33.7. The van der Waals surface area contributed by atoms with E-state index in [9.17, 15) is 0 Å². The Labute approximate surface area is 468 Å². The molecule has 9 aliphatic rings. The minimum absolute atomic E-state index is 0. The van der Waals surface area contributed by atoms with Gasteiger partial charge in [0.25, 0.3) is 0 Å². The van der Waals surface area contributed by atoms with Gasteiger partial charge in [-0.3, -0.25) is 0 Å². The zero-order valence-electron chi connectivity index (χ0n) is 36.2. The molecular formula is C44H63Br5Cl4S5Zr2. The number of hydrogen-bond acceptors (Lipinski definition) is 5. The van der Waals surface area contributed by atoms with Crippen LogP contribution in [-0.4, -0.2) is 21.0 Å². The number of rotatable bonds is 0. The number of fused-ring (bicyclic) bond motifs is 5. The van der Waals surface area contributed by atoms with Gasteiger partial charge in [-0.25, -0.2) is 0 Å². The first-order chi connectivity index (χ1) is 26.7. The molecule has 0 N–H and O–H groups in total. The zero-order chi connectivity index (χ0) is 41.1. The van der Waals surface area contributed by atoms with Crippen molar-refractivity contribution in [3.8, 4) is 0 Å². The Kier molecular flexibility index (Phi) is 36.5. The average molecular weight is 1480 g/mol. The van der Waals surface area contributed by atoms with Crippen molar-refractivity contribution < 1.29 is 41.7 Å². The normalized spacial score (nSPS) is 33.1. The van der Waals surface area contributed by atoms with Crippen LogP contribution in [0.1, 0.15) is 96.4 Å². The maximum absolute atomic E-state index is 4.93. The van der Waals surface area contributed by atoms with Crippen LogP contribution in [0.5, 0.6) is 0 Å². The molecular weight excluding hydrogens is 1410 g/mol. The summed E-state index contributed by atoms with van der Waals surface area (Å²) in [7, 11) is 19.7. The third-order valence-electron chi connectivity index (χ3n) is 11.5. The molecule has 0 saturated heterocycles. The topological polar surface area (TPSA) is 0 Å². The van der Waals surface area contributed by atoms with Gasteiger partial charge in [0.1, 0.15) is 0 Å². The number of hydrogen-bond donors (Lipinski definition) is 0. The van der Waals surface area contributed by atoms with E-state index < -0.39 is 41.7 Å². The zero-order valence-corrected chi connectivity index (χ0v) is 56.2. The van der Waals surface area contributed by atoms with Gasteiger partial charge in [0, 0.05) is 77.3 Å². The van der Waals surface area contributed by atoms with Crippen LogP contribution in [0.2, 0.25) is 0 Å². The Hall–Kier alpha value is 5.13. The van der Waals surface area contributed by atoms with E-state index in [2.05, 4.69) is 147 Å². The molecule has 0 aromatic carbocycles. The van der Waals surface area contributed by atoms with Gasteiger partial charge in [-0.1, -0.05) is 97.0 Å². The van der Waals surface area contributed by atoms with Crippen molar-refractivity contribution in [3.05, 3.63) is 95.1 Å². The summed E-state index contributed by atoms with van der Waals surface area (Å²) < 4.78 is 7.08. The summed E-state index contributed by atoms with van der Waals surface area (Å²) in [5, 5.41) is 14.9. The van der Waals surface area contributed by atoms with Crippen molar-refractivity contribution in [1.82, 2.24) is 0 Å². The summed E-state index contributed by atoms with van der Waals surface area (Å²) in [5.41, 5.74) is 2.95. The molecule has 0 spiro atoms.